The fourth-order valence-corrected chi connectivity index (χ4v) is 5.54. The molecule has 5 atom stereocenters. The fourth-order valence-electron chi connectivity index (χ4n) is 4.04. The largest absolute Gasteiger partial charge is 0.464 e. The molecule has 228 valence electrons. The first kappa shape index (κ1) is 32.8. The summed E-state index contributed by atoms with van der Waals surface area (Å²) in [6.45, 7) is 4.99. The molecular weight excluding hydrogens is 567 g/mol. The molecule has 14 nitrogen and oxygen atoms in total. The van der Waals surface area contributed by atoms with Crippen LogP contribution in [0.3, 0.4) is 0 Å². The summed E-state index contributed by atoms with van der Waals surface area (Å²) >= 11 is 0. The molecule has 1 aromatic carbocycles. The number of fused-ring (bicyclic) bond motifs is 1. The number of hydrogen-bond acceptors (Lipinski definition) is 12. The highest BCUT2D eigenvalue weighted by atomic mass is 31.2. The van der Waals surface area contributed by atoms with Gasteiger partial charge < -0.3 is 29.9 Å². The van der Waals surface area contributed by atoms with Gasteiger partial charge in [0, 0.05) is 12.1 Å². The Kier molecular flexibility index (Phi) is 12.1. The summed E-state index contributed by atoms with van der Waals surface area (Å²) in [4.78, 5) is 16.5. The third-order valence-electron chi connectivity index (χ3n) is 6.66. The first-order valence-electron chi connectivity index (χ1n) is 13.5. The summed E-state index contributed by atoms with van der Waals surface area (Å²) in [5.74, 6) is -0.0611. The summed E-state index contributed by atoms with van der Waals surface area (Å²) in [6.07, 6.45) is -0.293. The predicted octanol–water partition coefficient (Wildman–Crippen LogP) is 2.60. The molecular formula is C27H37N6O8P. The van der Waals surface area contributed by atoms with Crippen LogP contribution in [0.15, 0.2) is 48.8 Å². The second-order valence-electron chi connectivity index (χ2n) is 9.64. The molecule has 0 fully saturated rings. The monoisotopic (exact) mass is 604 g/mol. The van der Waals surface area contributed by atoms with E-state index in [4.69, 9.17) is 24.3 Å². The number of nitrogen functional groups attached to an aromatic ring is 1. The average molecular weight is 605 g/mol. The van der Waals surface area contributed by atoms with Gasteiger partial charge in [-0.15, -0.1) is 0 Å². The topological polar surface area (TPSA) is 204 Å². The number of nitrogens with two attached hydrogens (primary N) is 1. The molecule has 0 radical (unpaired) electrons. The Labute approximate surface area is 243 Å². The number of benzene rings is 1. The lowest BCUT2D eigenvalue weighted by Crippen LogP contribution is -2.43. The average Bonchev–Trinajstić information content (AvgIpc) is 3.39. The van der Waals surface area contributed by atoms with Gasteiger partial charge in [0.1, 0.15) is 29.7 Å². The van der Waals surface area contributed by atoms with Gasteiger partial charge in [-0.25, -0.2) is 14.1 Å². The molecule has 2 aromatic heterocycles. The van der Waals surface area contributed by atoms with E-state index >= 15 is 0 Å². The van der Waals surface area contributed by atoms with Crippen molar-refractivity contribution < 1.29 is 38.1 Å². The molecule has 2 heterocycles. The molecule has 0 spiro atoms. The molecule has 42 heavy (non-hydrogen) atoms. The molecule has 15 heteroatoms. The molecule has 0 aliphatic rings. The lowest BCUT2D eigenvalue weighted by molar-refractivity contribution is -0.146. The highest BCUT2D eigenvalue weighted by molar-refractivity contribution is 7.52. The SMILES string of the molecule is CCC(CC)COC(=O)[C@H](C)NP(=O)(OC[C@@H](OC#N)[C@@H](O)[C@@H](O)Cc1ccc2c(N)ncnn12)Oc1ccccc1. The maximum Gasteiger partial charge on any atom is 0.459 e. The number of aliphatic hydroxyl groups is 2. The standard InChI is InChI=1S/C27H37N6O8P/c1-4-19(5-2)14-38-27(36)18(3)32-42(37,41-21-9-7-6-8-10-21)40-15-24(39-16-28)25(35)23(34)13-20-11-12-22-26(29)30-17-31-33(20)22/h6-12,17-19,23-25,34-35H,4-5,13-15H2,1-3H3,(H,32,37)(H2,29,30,31)/t18-,23-,24+,25-,42?/m0/s1. The van der Waals surface area contributed by atoms with Crippen molar-refractivity contribution in [1.29, 1.82) is 5.26 Å². The van der Waals surface area contributed by atoms with Crippen LogP contribution in [0, 0.1) is 17.4 Å². The van der Waals surface area contributed by atoms with Gasteiger partial charge in [-0.2, -0.15) is 15.4 Å². The number of aromatic nitrogens is 3. The van der Waals surface area contributed by atoms with Crippen LogP contribution in [0.1, 0.15) is 39.3 Å². The number of carbonyl (C=O) groups is 1. The molecule has 3 aromatic rings. The minimum absolute atomic E-state index is 0.104. The Balaban J connectivity index is 1.72. The molecule has 0 amide bonds. The van der Waals surface area contributed by atoms with Crippen LogP contribution in [0.2, 0.25) is 0 Å². The molecule has 0 aliphatic carbocycles. The number of aliphatic hydroxyl groups excluding tert-OH is 2. The lowest BCUT2D eigenvalue weighted by atomic mass is 10.0. The Morgan fingerprint density at radius 1 is 1.17 bits per heavy atom. The molecule has 3 rings (SSSR count). The van der Waals surface area contributed by atoms with Crippen molar-refractivity contribution in [3.63, 3.8) is 0 Å². The molecule has 1 unspecified atom stereocenters. The zero-order valence-electron chi connectivity index (χ0n) is 23.7. The third-order valence-corrected chi connectivity index (χ3v) is 8.30. The Morgan fingerprint density at radius 3 is 2.55 bits per heavy atom. The van der Waals surface area contributed by atoms with Crippen molar-refractivity contribution in [1.82, 2.24) is 19.7 Å². The van der Waals surface area contributed by atoms with Gasteiger partial charge in [-0.3, -0.25) is 9.32 Å². The van der Waals surface area contributed by atoms with Gasteiger partial charge in [0.25, 0.3) is 6.26 Å². The van der Waals surface area contributed by atoms with Crippen LogP contribution in [0.4, 0.5) is 5.82 Å². The van der Waals surface area contributed by atoms with E-state index in [0.717, 1.165) is 12.8 Å². The second kappa shape index (κ2) is 15.5. The van der Waals surface area contributed by atoms with Crippen molar-refractivity contribution in [3.05, 3.63) is 54.5 Å². The van der Waals surface area contributed by atoms with Crippen LogP contribution in [0.25, 0.3) is 5.52 Å². The van der Waals surface area contributed by atoms with Crippen molar-refractivity contribution in [2.75, 3.05) is 18.9 Å². The number of esters is 1. The Hall–Kier alpha value is -3.73. The molecule has 0 aliphatic heterocycles. The maximum atomic E-state index is 13.8. The van der Waals surface area contributed by atoms with E-state index < -0.39 is 44.7 Å². The fraction of sp³-hybridized carbons (Fsp3) is 0.481. The number of hydrogen-bond donors (Lipinski definition) is 4. The third kappa shape index (κ3) is 8.88. The first-order valence-corrected chi connectivity index (χ1v) is 15.1. The lowest BCUT2D eigenvalue weighted by Gasteiger charge is -2.27. The molecule has 0 saturated carbocycles. The van der Waals surface area contributed by atoms with E-state index in [1.54, 1.807) is 30.3 Å². The molecule has 5 N–H and O–H groups in total. The summed E-state index contributed by atoms with van der Waals surface area (Å²) in [6, 6.07) is 10.3. The van der Waals surface area contributed by atoms with Crippen LogP contribution in [-0.4, -0.2) is 68.3 Å². The zero-order valence-corrected chi connectivity index (χ0v) is 24.6. The highest BCUT2D eigenvalue weighted by Crippen LogP contribution is 2.45. The Bertz CT molecular complexity index is 1380. The van der Waals surface area contributed by atoms with Crippen molar-refractivity contribution in [2.24, 2.45) is 5.92 Å². The molecule has 0 bridgehead atoms. The summed E-state index contributed by atoms with van der Waals surface area (Å²) in [5.41, 5.74) is 6.87. The van der Waals surface area contributed by atoms with Crippen LogP contribution < -0.4 is 15.3 Å². The number of carbonyl (C=O) groups excluding carboxylic acids is 1. The van der Waals surface area contributed by atoms with E-state index in [1.165, 1.54) is 36.2 Å². The zero-order chi connectivity index (χ0) is 30.7. The van der Waals surface area contributed by atoms with Gasteiger partial charge in [0.15, 0.2) is 11.9 Å². The smallest absolute Gasteiger partial charge is 0.459 e. The predicted molar refractivity (Wildman–Crippen MR) is 152 cm³/mol. The summed E-state index contributed by atoms with van der Waals surface area (Å²) < 4.78 is 36.8. The van der Waals surface area contributed by atoms with Crippen LogP contribution in [0.5, 0.6) is 5.75 Å². The Morgan fingerprint density at radius 2 is 1.88 bits per heavy atom. The number of anilines is 1. The van der Waals surface area contributed by atoms with Gasteiger partial charge in [-0.1, -0.05) is 44.9 Å². The van der Waals surface area contributed by atoms with E-state index in [0.29, 0.717) is 11.2 Å². The van der Waals surface area contributed by atoms with E-state index in [9.17, 15) is 24.8 Å². The van der Waals surface area contributed by atoms with Gasteiger partial charge in [-0.05, 0) is 37.1 Å². The number of ether oxygens (including phenoxy) is 2. The van der Waals surface area contributed by atoms with Crippen molar-refractivity contribution >= 4 is 25.1 Å². The minimum Gasteiger partial charge on any atom is -0.464 e. The quantitative estimate of drug-likeness (QED) is 0.0995. The highest BCUT2D eigenvalue weighted by Gasteiger charge is 2.36. The van der Waals surface area contributed by atoms with Crippen molar-refractivity contribution in [3.8, 4) is 12.0 Å². The number of nitrogens with zero attached hydrogens (tertiary/aromatic N) is 4. The van der Waals surface area contributed by atoms with E-state index in [1.807, 2.05) is 13.8 Å². The number of nitriles is 1. The van der Waals surface area contributed by atoms with Crippen LogP contribution >= 0.6 is 7.75 Å². The van der Waals surface area contributed by atoms with Gasteiger partial charge in [0.2, 0.25) is 0 Å². The van der Waals surface area contributed by atoms with Crippen molar-refractivity contribution in [2.45, 2.75) is 64.4 Å². The number of para-hydroxylation sites is 1. The van der Waals surface area contributed by atoms with Crippen LogP contribution in [-0.2, 0) is 29.8 Å². The number of nitrogens with one attached hydrogen (secondary N) is 1. The molecule has 0 saturated heterocycles. The second-order valence-corrected chi connectivity index (χ2v) is 11.3. The first-order chi connectivity index (χ1) is 20.1. The van der Waals surface area contributed by atoms with Gasteiger partial charge in [0.05, 0.1) is 19.3 Å². The maximum absolute atomic E-state index is 13.8. The normalized spacial score (nSPS) is 15.7. The number of rotatable bonds is 17. The van der Waals surface area contributed by atoms with Gasteiger partial charge >= 0.3 is 13.7 Å². The summed E-state index contributed by atoms with van der Waals surface area (Å²) in [5, 5.41) is 37.5. The van der Waals surface area contributed by atoms with E-state index in [2.05, 4.69) is 15.2 Å². The summed E-state index contributed by atoms with van der Waals surface area (Å²) in [7, 11) is -4.32. The minimum atomic E-state index is -4.32. The van der Waals surface area contributed by atoms with E-state index in [-0.39, 0.29) is 30.5 Å².